The van der Waals surface area contributed by atoms with Crippen molar-refractivity contribution in [2.75, 3.05) is 0 Å². The van der Waals surface area contributed by atoms with Crippen molar-refractivity contribution >= 4 is 49.2 Å². The molecule has 5 nitrogen and oxygen atoms in total. The predicted molar refractivity (Wildman–Crippen MR) is 162 cm³/mol. The van der Waals surface area contributed by atoms with Gasteiger partial charge < -0.3 is 9.13 Å². The Hall–Kier alpha value is -5.29. The Bertz CT molecular complexity index is 2070. The van der Waals surface area contributed by atoms with Crippen molar-refractivity contribution < 1.29 is 0 Å². The van der Waals surface area contributed by atoms with E-state index in [2.05, 4.69) is 97.5 Å². The molecule has 0 amide bonds. The highest BCUT2D eigenvalue weighted by Crippen LogP contribution is 2.39. The lowest BCUT2D eigenvalue weighted by Gasteiger charge is -2.10. The molecule has 0 aliphatic carbocycles. The molecule has 0 saturated heterocycles. The Morgan fingerprint density at radius 3 is 2.38 bits per heavy atom. The highest BCUT2D eigenvalue weighted by atomic mass is 15.0. The van der Waals surface area contributed by atoms with Crippen molar-refractivity contribution in [1.82, 2.24) is 24.1 Å². The molecule has 4 heterocycles. The molecule has 0 N–H and O–H groups in total. The lowest BCUT2D eigenvalue weighted by molar-refractivity contribution is 1.08. The zero-order chi connectivity index (χ0) is 26.3. The number of fused-ring (bicyclic) bond motifs is 7. The molecular formula is C34H25N5. The number of hydrogen-bond acceptors (Lipinski definition) is 3. The molecule has 7 aromatic rings. The zero-order valence-corrected chi connectivity index (χ0v) is 21.5. The van der Waals surface area contributed by atoms with Crippen LogP contribution < -0.4 is 0 Å². The molecule has 4 aromatic heterocycles. The van der Waals surface area contributed by atoms with Gasteiger partial charge in [-0.1, -0.05) is 49.1 Å². The maximum Gasteiger partial charge on any atom is 0.160 e. The van der Waals surface area contributed by atoms with Crippen molar-refractivity contribution in [1.29, 1.82) is 0 Å². The Balaban J connectivity index is 1.46. The third-order valence-corrected chi connectivity index (χ3v) is 7.22. The molecule has 7 rings (SSSR count). The molecule has 3 aromatic carbocycles. The van der Waals surface area contributed by atoms with Crippen LogP contribution in [-0.2, 0) is 0 Å². The molecule has 0 aliphatic rings. The zero-order valence-electron chi connectivity index (χ0n) is 21.5. The van der Waals surface area contributed by atoms with Gasteiger partial charge in [-0.05, 0) is 66.2 Å². The van der Waals surface area contributed by atoms with Gasteiger partial charge in [-0.15, -0.1) is 0 Å². The second kappa shape index (κ2) is 9.23. The molecule has 0 radical (unpaired) electrons. The lowest BCUT2D eigenvalue weighted by atomic mass is 10.0. The summed E-state index contributed by atoms with van der Waals surface area (Å²) in [6, 6.07) is 23.5. The maximum atomic E-state index is 4.68. The van der Waals surface area contributed by atoms with Crippen LogP contribution in [0.3, 0.4) is 0 Å². The van der Waals surface area contributed by atoms with Gasteiger partial charge in [-0.2, -0.15) is 0 Å². The number of nitrogens with zero attached hydrogens (tertiary/aromatic N) is 5. The van der Waals surface area contributed by atoms with Gasteiger partial charge in [0.05, 0.1) is 34.6 Å². The molecule has 0 spiro atoms. The Morgan fingerprint density at radius 1 is 0.769 bits per heavy atom. The Labute approximate surface area is 225 Å². The second-order valence-electron chi connectivity index (χ2n) is 9.43. The van der Waals surface area contributed by atoms with E-state index in [-0.39, 0.29) is 0 Å². The van der Waals surface area contributed by atoms with E-state index in [4.69, 9.17) is 0 Å². The van der Waals surface area contributed by atoms with Crippen molar-refractivity contribution in [3.63, 3.8) is 0 Å². The summed E-state index contributed by atoms with van der Waals surface area (Å²) in [5.41, 5.74) is 6.31. The van der Waals surface area contributed by atoms with Gasteiger partial charge in [0.15, 0.2) is 5.82 Å². The van der Waals surface area contributed by atoms with Gasteiger partial charge in [0.2, 0.25) is 0 Å². The summed E-state index contributed by atoms with van der Waals surface area (Å²) in [7, 11) is 0. The Kier molecular flexibility index (Phi) is 5.41. The third kappa shape index (κ3) is 3.59. The normalized spacial score (nSPS) is 12.4. The summed E-state index contributed by atoms with van der Waals surface area (Å²) in [6.45, 7) is 5.93. The first kappa shape index (κ1) is 22.9. The van der Waals surface area contributed by atoms with E-state index in [9.17, 15) is 0 Å². The summed E-state index contributed by atoms with van der Waals surface area (Å²) in [4.78, 5) is 13.6. The first-order valence-corrected chi connectivity index (χ1v) is 12.9. The summed E-state index contributed by atoms with van der Waals surface area (Å²) in [5.74, 6) is 0.660. The van der Waals surface area contributed by atoms with Crippen LogP contribution in [0, 0.1) is 0 Å². The average molecular weight is 504 g/mol. The van der Waals surface area contributed by atoms with Crippen LogP contribution in [0.5, 0.6) is 0 Å². The summed E-state index contributed by atoms with van der Waals surface area (Å²) in [6.07, 6.45) is 17.5. The van der Waals surface area contributed by atoms with Gasteiger partial charge in [0, 0.05) is 46.0 Å². The molecule has 186 valence electrons. The van der Waals surface area contributed by atoms with Crippen LogP contribution >= 0.6 is 0 Å². The van der Waals surface area contributed by atoms with Crippen molar-refractivity contribution in [3.8, 4) is 17.1 Å². The number of rotatable bonds is 5. The van der Waals surface area contributed by atoms with Gasteiger partial charge in [-0.25, -0.2) is 9.97 Å². The molecule has 0 aliphatic heterocycles. The van der Waals surface area contributed by atoms with Gasteiger partial charge in [0.25, 0.3) is 0 Å². The largest absolute Gasteiger partial charge is 0.317 e. The fourth-order valence-electron chi connectivity index (χ4n) is 5.59. The summed E-state index contributed by atoms with van der Waals surface area (Å²) >= 11 is 0. The number of hydrogen-bond donors (Lipinski definition) is 0. The van der Waals surface area contributed by atoms with Crippen LogP contribution in [-0.4, -0.2) is 24.1 Å². The monoisotopic (exact) mass is 503 g/mol. The number of para-hydroxylation sites is 1. The molecule has 39 heavy (non-hydrogen) atoms. The van der Waals surface area contributed by atoms with Crippen molar-refractivity contribution in [2.45, 2.75) is 6.92 Å². The SMILES string of the molecule is C=C/C=C(\C=C/C)n1ccc2c3ccc4c(c3ccc21)c1ccccc1n4-c1cnc(-c2cccnc2)nc1. The smallest absolute Gasteiger partial charge is 0.160 e. The highest BCUT2D eigenvalue weighted by Gasteiger charge is 2.17. The lowest BCUT2D eigenvalue weighted by Crippen LogP contribution is -1.98. The van der Waals surface area contributed by atoms with E-state index < -0.39 is 0 Å². The van der Waals surface area contributed by atoms with E-state index in [1.54, 1.807) is 12.4 Å². The average Bonchev–Trinajstić information content (AvgIpc) is 3.57. The molecule has 0 fully saturated rings. The summed E-state index contributed by atoms with van der Waals surface area (Å²) < 4.78 is 4.47. The Morgan fingerprint density at radius 2 is 1.59 bits per heavy atom. The van der Waals surface area contributed by atoms with Crippen LogP contribution in [0.2, 0.25) is 0 Å². The number of allylic oxidation sites excluding steroid dienone is 5. The fraction of sp³-hybridized carbons (Fsp3) is 0.0294. The molecule has 0 atom stereocenters. The predicted octanol–water partition coefficient (Wildman–Crippen LogP) is 8.35. The van der Waals surface area contributed by atoms with Crippen LogP contribution in [0.15, 0.2) is 129 Å². The van der Waals surface area contributed by atoms with Crippen LogP contribution in [0.25, 0.3) is 66.3 Å². The quantitative estimate of drug-likeness (QED) is 0.222. The van der Waals surface area contributed by atoms with Crippen LogP contribution in [0.1, 0.15) is 6.92 Å². The number of pyridine rings is 1. The third-order valence-electron chi connectivity index (χ3n) is 7.22. The first-order valence-electron chi connectivity index (χ1n) is 12.9. The highest BCUT2D eigenvalue weighted by molar-refractivity contribution is 6.25. The van der Waals surface area contributed by atoms with Gasteiger partial charge >= 0.3 is 0 Å². The van der Waals surface area contributed by atoms with Crippen LogP contribution in [0.4, 0.5) is 0 Å². The van der Waals surface area contributed by atoms with Gasteiger partial charge in [-0.3, -0.25) is 4.98 Å². The van der Waals surface area contributed by atoms with E-state index in [0.29, 0.717) is 5.82 Å². The minimum Gasteiger partial charge on any atom is -0.317 e. The maximum absolute atomic E-state index is 4.68. The molecule has 0 saturated carbocycles. The fourth-order valence-corrected chi connectivity index (χ4v) is 5.59. The topological polar surface area (TPSA) is 48.5 Å². The minimum atomic E-state index is 0.660. The molecule has 0 unspecified atom stereocenters. The number of benzene rings is 3. The first-order chi connectivity index (χ1) is 19.3. The number of aromatic nitrogens is 5. The van der Waals surface area contributed by atoms with E-state index in [0.717, 1.165) is 33.5 Å². The van der Waals surface area contributed by atoms with Crippen molar-refractivity contribution in [2.24, 2.45) is 0 Å². The van der Waals surface area contributed by atoms with Crippen molar-refractivity contribution in [3.05, 3.63) is 129 Å². The van der Waals surface area contributed by atoms with E-state index in [1.807, 2.05) is 49.7 Å². The van der Waals surface area contributed by atoms with E-state index in [1.165, 1.54) is 26.9 Å². The summed E-state index contributed by atoms with van der Waals surface area (Å²) in [5, 5.41) is 6.10. The standard InChI is InChI=1S/C34H25N5/c1-3-8-24(9-4-2)38-19-17-27-26-13-16-32-33(28(26)14-15-30(27)38)29-11-5-6-12-31(29)39(32)25-21-36-34(37-22-25)23-10-7-18-35-20-23/h3-22H,1H2,2H3/b9-4-,24-8+. The molecule has 0 bridgehead atoms. The van der Waals surface area contributed by atoms with Gasteiger partial charge in [0.1, 0.15) is 0 Å². The molecule has 5 heteroatoms. The molecular weight excluding hydrogens is 478 g/mol. The minimum absolute atomic E-state index is 0.660. The second-order valence-corrected chi connectivity index (χ2v) is 9.43. The van der Waals surface area contributed by atoms with E-state index >= 15 is 0 Å².